The zero-order chi connectivity index (χ0) is 22.8. The summed E-state index contributed by atoms with van der Waals surface area (Å²) in [6.07, 6.45) is -1.67. The van der Waals surface area contributed by atoms with Crippen LogP contribution in [0, 0.1) is 11.2 Å². The number of halogens is 4. The van der Waals surface area contributed by atoms with Crippen molar-refractivity contribution in [2.24, 2.45) is 5.41 Å². The van der Waals surface area contributed by atoms with Crippen molar-refractivity contribution in [3.05, 3.63) is 64.5 Å². The van der Waals surface area contributed by atoms with Crippen molar-refractivity contribution in [1.29, 1.82) is 0 Å². The third kappa shape index (κ3) is 5.30. The molecular formula is C24H26F4N2O2. The minimum atomic E-state index is -4.47. The highest BCUT2D eigenvalue weighted by Gasteiger charge is 2.35. The molecule has 0 spiro atoms. The molecule has 32 heavy (non-hydrogen) atoms. The van der Waals surface area contributed by atoms with E-state index in [0.717, 1.165) is 50.0 Å². The van der Waals surface area contributed by atoms with E-state index in [1.54, 1.807) is 12.1 Å². The molecule has 2 heterocycles. The second-order valence-electron chi connectivity index (χ2n) is 8.75. The topological polar surface area (TPSA) is 50.4 Å². The predicted molar refractivity (Wildman–Crippen MR) is 113 cm³/mol. The molecule has 1 saturated heterocycles. The summed E-state index contributed by atoms with van der Waals surface area (Å²) in [5.74, 6) is -0.570. The molecule has 172 valence electrons. The molecule has 0 radical (unpaired) electrons. The Morgan fingerprint density at radius 3 is 2.47 bits per heavy atom. The van der Waals surface area contributed by atoms with E-state index in [0.29, 0.717) is 23.4 Å². The highest BCUT2D eigenvalue weighted by atomic mass is 19.4. The molecule has 0 saturated carbocycles. The van der Waals surface area contributed by atoms with E-state index in [2.05, 4.69) is 10.6 Å². The van der Waals surface area contributed by atoms with E-state index in [1.807, 2.05) is 0 Å². The number of nitrogens with one attached hydrogen (secondary N) is 2. The standard InChI is InChI=1S/C24H26F4N2O2/c25-20-3-1-16(2-4-20)14-23(6-8-29-9-7-23)15-32-10-5-17-11-19(24(26,27)28)12-18-13-21(31)30-22(17)18/h1-4,11-12,29H,5-10,13-15H2,(H,30,31). The number of alkyl halides is 3. The fourth-order valence-corrected chi connectivity index (χ4v) is 4.62. The monoisotopic (exact) mass is 450 g/mol. The zero-order valence-electron chi connectivity index (χ0n) is 17.7. The number of rotatable bonds is 7. The molecule has 2 aliphatic rings. The first-order chi connectivity index (χ1) is 15.2. The highest BCUT2D eigenvalue weighted by Crippen LogP contribution is 2.37. The number of hydrogen-bond donors (Lipinski definition) is 2. The predicted octanol–water partition coefficient (Wildman–Crippen LogP) is 4.51. The molecule has 2 N–H and O–H groups in total. The van der Waals surface area contributed by atoms with Crippen molar-refractivity contribution >= 4 is 11.6 Å². The molecule has 0 aliphatic carbocycles. The van der Waals surface area contributed by atoms with Gasteiger partial charge in [-0.05, 0) is 79.7 Å². The molecule has 0 atom stereocenters. The molecule has 4 nitrogen and oxygen atoms in total. The van der Waals surface area contributed by atoms with Gasteiger partial charge in [-0.25, -0.2) is 4.39 Å². The van der Waals surface area contributed by atoms with Crippen LogP contribution in [0.15, 0.2) is 36.4 Å². The lowest BCUT2D eigenvalue weighted by Crippen LogP contribution is -2.41. The molecule has 2 aromatic carbocycles. The van der Waals surface area contributed by atoms with Crippen LogP contribution in [0.3, 0.4) is 0 Å². The third-order valence-electron chi connectivity index (χ3n) is 6.33. The largest absolute Gasteiger partial charge is 0.416 e. The zero-order valence-corrected chi connectivity index (χ0v) is 17.7. The van der Waals surface area contributed by atoms with Crippen molar-refractivity contribution < 1.29 is 27.1 Å². The summed E-state index contributed by atoms with van der Waals surface area (Å²) in [6.45, 7) is 2.44. The summed E-state index contributed by atoms with van der Waals surface area (Å²) in [5, 5.41) is 6.02. The van der Waals surface area contributed by atoms with Crippen LogP contribution in [0.5, 0.6) is 0 Å². The summed E-state index contributed by atoms with van der Waals surface area (Å²) < 4.78 is 59.1. The Kier molecular flexibility index (Phi) is 6.53. The van der Waals surface area contributed by atoms with Crippen molar-refractivity contribution in [3.8, 4) is 0 Å². The fourth-order valence-electron chi connectivity index (χ4n) is 4.62. The second kappa shape index (κ2) is 9.19. The highest BCUT2D eigenvalue weighted by molar-refractivity contribution is 6.00. The number of amides is 1. The number of carbonyl (C=O) groups excluding carboxylic acids is 1. The molecule has 8 heteroatoms. The number of fused-ring (bicyclic) bond motifs is 1. The Morgan fingerprint density at radius 2 is 1.78 bits per heavy atom. The van der Waals surface area contributed by atoms with Crippen LogP contribution >= 0.6 is 0 Å². The Morgan fingerprint density at radius 1 is 1.06 bits per heavy atom. The van der Waals surface area contributed by atoms with Crippen LogP contribution in [0.4, 0.5) is 23.2 Å². The number of anilines is 1. The minimum Gasteiger partial charge on any atom is -0.381 e. The average Bonchev–Trinajstić information content (AvgIpc) is 3.13. The van der Waals surface area contributed by atoms with E-state index in [9.17, 15) is 22.4 Å². The van der Waals surface area contributed by atoms with Gasteiger partial charge < -0.3 is 15.4 Å². The lowest BCUT2D eigenvalue weighted by Gasteiger charge is -2.37. The maximum absolute atomic E-state index is 13.3. The lowest BCUT2D eigenvalue weighted by atomic mass is 9.75. The molecule has 0 unspecified atom stereocenters. The van der Waals surface area contributed by atoms with Gasteiger partial charge in [-0.2, -0.15) is 13.2 Å². The van der Waals surface area contributed by atoms with Crippen molar-refractivity contribution in [3.63, 3.8) is 0 Å². The number of carbonyl (C=O) groups is 1. The summed E-state index contributed by atoms with van der Waals surface area (Å²) in [6, 6.07) is 8.62. The van der Waals surface area contributed by atoms with E-state index in [1.165, 1.54) is 12.1 Å². The first kappa shape index (κ1) is 22.7. The summed E-state index contributed by atoms with van der Waals surface area (Å²) in [5.41, 5.74) is 1.50. The molecular weight excluding hydrogens is 424 g/mol. The van der Waals surface area contributed by atoms with Crippen molar-refractivity contribution in [2.75, 3.05) is 31.6 Å². The minimum absolute atomic E-state index is 0.0408. The maximum Gasteiger partial charge on any atom is 0.416 e. The smallest absolute Gasteiger partial charge is 0.381 e. The van der Waals surface area contributed by atoms with Crippen molar-refractivity contribution in [2.45, 2.75) is 38.3 Å². The SMILES string of the molecule is O=C1Cc2cc(C(F)(F)F)cc(CCOCC3(Cc4ccc(F)cc4)CCNCC3)c2N1. The Labute approximate surface area is 184 Å². The number of ether oxygens (including phenoxy) is 1. The van der Waals surface area contributed by atoms with Gasteiger partial charge in [0.1, 0.15) is 5.82 Å². The van der Waals surface area contributed by atoms with Gasteiger partial charge in [-0.3, -0.25) is 4.79 Å². The van der Waals surface area contributed by atoms with Crippen LogP contribution in [0.2, 0.25) is 0 Å². The van der Waals surface area contributed by atoms with Crippen LogP contribution < -0.4 is 10.6 Å². The van der Waals surface area contributed by atoms with E-state index in [4.69, 9.17) is 4.74 Å². The van der Waals surface area contributed by atoms with Gasteiger partial charge in [0.15, 0.2) is 0 Å². The lowest BCUT2D eigenvalue weighted by molar-refractivity contribution is -0.137. The van der Waals surface area contributed by atoms with Crippen LogP contribution in [-0.4, -0.2) is 32.2 Å². The van der Waals surface area contributed by atoms with E-state index in [-0.39, 0.29) is 36.6 Å². The van der Waals surface area contributed by atoms with Gasteiger partial charge in [0, 0.05) is 11.1 Å². The first-order valence-corrected chi connectivity index (χ1v) is 10.8. The van der Waals surface area contributed by atoms with Crippen LogP contribution in [-0.2, 0) is 35.0 Å². The molecule has 2 aromatic rings. The number of piperidine rings is 1. The molecule has 0 aromatic heterocycles. The van der Waals surface area contributed by atoms with Crippen LogP contribution in [0.25, 0.3) is 0 Å². The van der Waals surface area contributed by atoms with Gasteiger partial charge in [0.25, 0.3) is 0 Å². The Bertz CT molecular complexity index is 967. The number of benzene rings is 2. The van der Waals surface area contributed by atoms with E-state index >= 15 is 0 Å². The van der Waals surface area contributed by atoms with E-state index < -0.39 is 11.7 Å². The summed E-state index contributed by atoms with van der Waals surface area (Å²) in [4.78, 5) is 11.7. The summed E-state index contributed by atoms with van der Waals surface area (Å²) >= 11 is 0. The first-order valence-electron chi connectivity index (χ1n) is 10.8. The Hall–Kier alpha value is -2.45. The van der Waals surface area contributed by atoms with Gasteiger partial charge in [-0.15, -0.1) is 0 Å². The average molecular weight is 450 g/mol. The number of hydrogen-bond acceptors (Lipinski definition) is 3. The molecule has 1 amide bonds. The Balaban J connectivity index is 1.42. The molecule has 1 fully saturated rings. The molecule has 4 rings (SSSR count). The summed E-state index contributed by atoms with van der Waals surface area (Å²) in [7, 11) is 0. The van der Waals surface area contributed by atoms with Gasteiger partial charge in [-0.1, -0.05) is 12.1 Å². The van der Waals surface area contributed by atoms with Crippen molar-refractivity contribution in [1.82, 2.24) is 5.32 Å². The van der Waals surface area contributed by atoms with Gasteiger partial charge >= 0.3 is 6.18 Å². The second-order valence-corrected chi connectivity index (χ2v) is 8.75. The van der Waals surface area contributed by atoms with Gasteiger partial charge in [0.2, 0.25) is 5.91 Å². The van der Waals surface area contributed by atoms with Gasteiger partial charge in [0.05, 0.1) is 25.2 Å². The normalized spacial score (nSPS) is 17.8. The molecule has 0 bridgehead atoms. The van der Waals surface area contributed by atoms with Crippen LogP contribution in [0.1, 0.15) is 35.1 Å². The fraction of sp³-hybridized carbons (Fsp3) is 0.458. The maximum atomic E-state index is 13.3. The molecule has 2 aliphatic heterocycles. The quantitative estimate of drug-likeness (QED) is 0.482. The third-order valence-corrected chi connectivity index (χ3v) is 6.33.